The van der Waals surface area contributed by atoms with Crippen molar-refractivity contribution in [3.63, 3.8) is 0 Å². The molecule has 0 spiro atoms. The lowest BCUT2D eigenvalue weighted by Gasteiger charge is -2.19. The molecule has 1 N–H and O–H groups in total. The topological polar surface area (TPSA) is 20.2 Å². The second kappa shape index (κ2) is 4.62. The van der Waals surface area contributed by atoms with Gasteiger partial charge in [0, 0.05) is 0 Å². The fraction of sp³-hybridized carbons (Fsp3) is 0.500. The predicted octanol–water partition coefficient (Wildman–Crippen LogP) is 3.81. The Kier molecular flexibility index (Phi) is 3.42. The molecule has 0 heterocycles. The first kappa shape index (κ1) is 11.1. The first-order chi connectivity index (χ1) is 7.20. The van der Waals surface area contributed by atoms with E-state index in [9.17, 15) is 9.50 Å². The molecular formula is C12H14BrFO. The second-order valence-corrected chi connectivity index (χ2v) is 4.93. The number of hydrogen-bond acceptors (Lipinski definition) is 1. The summed E-state index contributed by atoms with van der Waals surface area (Å²) in [6, 6.07) is 4.83. The van der Waals surface area contributed by atoms with Gasteiger partial charge in [-0.1, -0.05) is 25.0 Å². The second-order valence-electron chi connectivity index (χ2n) is 4.13. The highest BCUT2D eigenvalue weighted by Crippen LogP contribution is 2.38. The van der Waals surface area contributed by atoms with E-state index in [1.807, 2.05) is 0 Å². The van der Waals surface area contributed by atoms with Crippen LogP contribution in [0.5, 0.6) is 0 Å². The molecule has 82 valence electrons. The Morgan fingerprint density at radius 2 is 2.00 bits per heavy atom. The monoisotopic (exact) mass is 272 g/mol. The van der Waals surface area contributed by atoms with E-state index in [1.54, 1.807) is 12.1 Å². The molecular weight excluding hydrogens is 259 g/mol. The summed E-state index contributed by atoms with van der Waals surface area (Å²) in [5, 5.41) is 10.1. The Hall–Kier alpha value is -0.410. The van der Waals surface area contributed by atoms with Crippen molar-refractivity contribution in [3.8, 4) is 0 Å². The molecule has 1 aliphatic rings. The van der Waals surface area contributed by atoms with E-state index in [1.165, 1.54) is 18.9 Å². The third-order valence-electron chi connectivity index (χ3n) is 3.15. The van der Waals surface area contributed by atoms with Gasteiger partial charge in [-0.05, 0) is 46.3 Å². The van der Waals surface area contributed by atoms with Gasteiger partial charge in [-0.15, -0.1) is 0 Å². The highest BCUT2D eigenvalue weighted by molar-refractivity contribution is 9.10. The molecule has 1 fully saturated rings. The lowest BCUT2D eigenvalue weighted by Crippen LogP contribution is -2.10. The minimum absolute atomic E-state index is 0.295. The largest absolute Gasteiger partial charge is 0.388 e. The van der Waals surface area contributed by atoms with Gasteiger partial charge in [-0.25, -0.2) is 4.39 Å². The normalized spacial score (nSPS) is 19.4. The van der Waals surface area contributed by atoms with Crippen molar-refractivity contribution in [1.82, 2.24) is 0 Å². The zero-order chi connectivity index (χ0) is 10.8. The summed E-state index contributed by atoms with van der Waals surface area (Å²) in [5.41, 5.74) is 0.682. The SMILES string of the molecule is OC(c1cccc(F)c1Br)C1CCCC1. The molecule has 1 nitrogen and oxygen atoms in total. The standard InChI is InChI=1S/C12H14BrFO/c13-11-9(6-3-7-10(11)14)12(15)8-4-1-2-5-8/h3,6-8,12,15H,1-2,4-5H2. The van der Waals surface area contributed by atoms with Crippen LogP contribution in [0.1, 0.15) is 37.4 Å². The van der Waals surface area contributed by atoms with Gasteiger partial charge >= 0.3 is 0 Å². The number of halogens is 2. The summed E-state index contributed by atoms with van der Waals surface area (Å²) in [6.45, 7) is 0. The Morgan fingerprint density at radius 3 is 2.67 bits per heavy atom. The number of aliphatic hydroxyl groups excluding tert-OH is 1. The van der Waals surface area contributed by atoms with Crippen LogP contribution < -0.4 is 0 Å². The Balaban J connectivity index is 2.24. The molecule has 1 unspecified atom stereocenters. The Morgan fingerprint density at radius 1 is 1.33 bits per heavy atom. The van der Waals surface area contributed by atoms with E-state index >= 15 is 0 Å². The lowest BCUT2D eigenvalue weighted by molar-refractivity contribution is 0.110. The zero-order valence-electron chi connectivity index (χ0n) is 8.42. The van der Waals surface area contributed by atoms with E-state index in [4.69, 9.17) is 0 Å². The van der Waals surface area contributed by atoms with Crippen molar-refractivity contribution in [3.05, 3.63) is 34.1 Å². The molecule has 1 saturated carbocycles. The highest BCUT2D eigenvalue weighted by atomic mass is 79.9. The average Bonchev–Trinajstić information content (AvgIpc) is 2.74. The van der Waals surface area contributed by atoms with Gasteiger partial charge in [0.05, 0.1) is 10.6 Å². The predicted molar refractivity (Wildman–Crippen MR) is 61.0 cm³/mol. The summed E-state index contributed by atoms with van der Waals surface area (Å²) in [4.78, 5) is 0. The van der Waals surface area contributed by atoms with Crippen LogP contribution in [-0.4, -0.2) is 5.11 Å². The molecule has 3 heteroatoms. The van der Waals surface area contributed by atoms with Gasteiger partial charge in [0.1, 0.15) is 5.82 Å². The molecule has 1 aromatic rings. The quantitative estimate of drug-likeness (QED) is 0.868. The molecule has 0 bridgehead atoms. The van der Waals surface area contributed by atoms with Crippen LogP contribution in [0, 0.1) is 11.7 Å². The summed E-state index contributed by atoms with van der Waals surface area (Å²) >= 11 is 3.19. The molecule has 0 amide bonds. The molecule has 15 heavy (non-hydrogen) atoms. The van der Waals surface area contributed by atoms with E-state index in [0.717, 1.165) is 12.8 Å². The highest BCUT2D eigenvalue weighted by Gasteiger charge is 2.26. The maximum Gasteiger partial charge on any atom is 0.137 e. The summed E-state index contributed by atoms with van der Waals surface area (Å²) in [7, 11) is 0. The van der Waals surface area contributed by atoms with Gasteiger partial charge in [-0.3, -0.25) is 0 Å². The van der Waals surface area contributed by atoms with Crippen molar-refractivity contribution in [2.24, 2.45) is 5.92 Å². The fourth-order valence-electron chi connectivity index (χ4n) is 2.28. The van der Waals surface area contributed by atoms with Crippen molar-refractivity contribution in [2.75, 3.05) is 0 Å². The van der Waals surface area contributed by atoms with E-state index in [2.05, 4.69) is 15.9 Å². The van der Waals surface area contributed by atoms with Gasteiger partial charge in [0.15, 0.2) is 0 Å². The summed E-state index contributed by atoms with van der Waals surface area (Å²) in [6.07, 6.45) is 3.91. The smallest absolute Gasteiger partial charge is 0.137 e. The van der Waals surface area contributed by atoms with Gasteiger partial charge < -0.3 is 5.11 Å². The molecule has 1 aliphatic carbocycles. The number of aliphatic hydroxyl groups is 1. The summed E-state index contributed by atoms with van der Waals surface area (Å²) < 4.78 is 13.7. The maximum atomic E-state index is 13.3. The molecule has 1 atom stereocenters. The third kappa shape index (κ3) is 2.23. The van der Waals surface area contributed by atoms with E-state index < -0.39 is 6.10 Å². The zero-order valence-corrected chi connectivity index (χ0v) is 10.0. The Bertz CT molecular complexity index is 347. The van der Waals surface area contributed by atoms with Crippen LogP contribution in [0.4, 0.5) is 4.39 Å². The minimum atomic E-state index is -0.530. The molecule has 1 aromatic carbocycles. The number of hydrogen-bond donors (Lipinski definition) is 1. The van der Waals surface area contributed by atoms with Crippen molar-refractivity contribution in [1.29, 1.82) is 0 Å². The van der Waals surface area contributed by atoms with Crippen LogP contribution in [0.15, 0.2) is 22.7 Å². The van der Waals surface area contributed by atoms with Crippen molar-refractivity contribution >= 4 is 15.9 Å². The van der Waals surface area contributed by atoms with Crippen molar-refractivity contribution in [2.45, 2.75) is 31.8 Å². The van der Waals surface area contributed by atoms with E-state index in [-0.39, 0.29) is 5.82 Å². The number of benzene rings is 1. The maximum absolute atomic E-state index is 13.3. The summed E-state index contributed by atoms with van der Waals surface area (Å²) in [5.74, 6) is -0.00681. The lowest BCUT2D eigenvalue weighted by atomic mass is 9.94. The molecule has 2 rings (SSSR count). The minimum Gasteiger partial charge on any atom is -0.388 e. The van der Waals surface area contributed by atoms with Crippen LogP contribution in [0.2, 0.25) is 0 Å². The van der Waals surface area contributed by atoms with Crippen LogP contribution in [0.25, 0.3) is 0 Å². The first-order valence-electron chi connectivity index (χ1n) is 5.32. The molecule has 0 aliphatic heterocycles. The molecule has 0 aromatic heterocycles. The van der Waals surface area contributed by atoms with Gasteiger partial charge in [0.25, 0.3) is 0 Å². The van der Waals surface area contributed by atoms with Crippen LogP contribution >= 0.6 is 15.9 Å². The third-order valence-corrected chi connectivity index (χ3v) is 3.98. The van der Waals surface area contributed by atoms with Gasteiger partial charge in [-0.2, -0.15) is 0 Å². The van der Waals surface area contributed by atoms with Crippen molar-refractivity contribution < 1.29 is 9.50 Å². The Labute approximate surface area is 97.4 Å². The van der Waals surface area contributed by atoms with Gasteiger partial charge in [0.2, 0.25) is 0 Å². The number of rotatable bonds is 2. The molecule has 0 radical (unpaired) electrons. The fourth-order valence-corrected chi connectivity index (χ4v) is 2.77. The van der Waals surface area contributed by atoms with Crippen LogP contribution in [-0.2, 0) is 0 Å². The average molecular weight is 273 g/mol. The first-order valence-corrected chi connectivity index (χ1v) is 6.11. The van der Waals surface area contributed by atoms with Crippen LogP contribution in [0.3, 0.4) is 0 Å². The van der Waals surface area contributed by atoms with E-state index in [0.29, 0.717) is 16.0 Å². The molecule has 0 saturated heterocycles.